The van der Waals surface area contributed by atoms with E-state index >= 15 is 0 Å². The molecule has 0 spiro atoms. The Labute approximate surface area is 145 Å². The number of methoxy groups -OCH3 is 1. The van der Waals surface area contributed by atoms with E-state index in [1.54, 1.807) is 7.11 Å². The van der Waals surface area contributed by atoms with Crippen LogP contribution in [0.1, 0.15) is 36.7 Å². The van der Waals surface area contributed by atoms with Crippen molar-refractivity contribution >= 4 is 5.91 Å². The number of rotatable bonds is 7. The van der Waals surface area contributed by atoms with Crippen molar-refractivity contribution in [3.63, 3.8) is 0 Å². The van der Waals surface area contributed by atoms with Crippen molar-refractivity contribution in [1.29, 1.82) is 0 Å². The molecule has 1 N–H and O–H groups in total. The molecule has 1 aliphatic rings. The van der Waals surface area contributed by atoms with Crippen LogP contribution in [0.4, 0.5) is 0 Å². The summed E-state index contributed by atoms with van der Waals surface area (Å²) < 4.78 is 21.2. The van der Waals surface area contributed by atoms with E-state index < -0.39 is 0 Å². The number of amides is 1. The second-order valence-electron chi connectivity index (χ2n) is 5.68. The molecule has 3 rings (SSSR count). The Bertz CT molecular complexity index is 731. The van der Waals surface area contributed by atoms with E-state index in [2.05, 4.69) is 15.5 Å². The predicted octanol–water partition coefficient (Wildman–Crippen LogP) is 1.80. The number of nitrogens with one attached hydrogen (secondary N) is 1. The fourth-order valence-electron chi connectivity index (χ4n) is 2.35. The second-order valence-corrected chi connectivity index (χ2v) is 5.68. The first kappa shape index (κ1) is 17.2. The van der Waals surface area contributed by atoms with Crippen molar-refractivity contribution in [3.8, 4) is 11.5 Å². The zero-order chi connectivity index (χ0) is 17.6. The van der Waals surface area contributed by atoms with E-state index in [-0.39, 0.29) is 18.4 Å². The average Bonchev–Trinajstić information content (AvgIpc) is 3.13. The molecule has 8 nitrogen and oxygen atoms in total. The predicted molar refractivity (Wildman–Crippen MR) is 87.3 cm³/mol. The number of nitrogens with zero attached hydrogens (tertiary/aromatic N) is 2. The minimum atomic E-state index is -0.235. The Morgan fingerprint density at radius 2 is 2.12 bits per heavy atom. The zero-order valence-electron chi connectivity index (χ0n) is 14.3. The molecule has 0 aliphatic carbocycles. The number of hydrogen-bond acceptors (Lipinski definition) is 7. The van der Waals surface area contributed by atoms with Gasteiger partial charge in [-0.05, 0) is 24.6 Å². The summed E-state index contributed by atoms with van der Waals surface area (Å²) >= 11 is 0. The summed E-state index contributed by atoms with van der Waals surface area (Å²) in [6.45, 7) is 3.35. The normalized spacial score (nSPS) is 14.2. The van der Waals surface area contributed by atoms with Gasteiger partial charge >= 0.3 is 0 Å². The molecule has 1 atom stereocenters. The van der Waals surface area contributed by atoms with Crippen molar-refractivity contribution in [1.82, 2.24) is 15.5 Å². The number of fused-ring (bicyclic) bond motifs is 1. The van der Waals surface area contributed by atoms with Gasteiger partial charge in [-0.2, -0.15) is 4.98 Å². The summed E-state index contributed by atoms with van der Waals surface area (Å²) in [7, 11) is 1.58. The third-order valence-corrected chi connectivity index (χ3v) is 3.86. The quantitative estimate of drug-likeness (QED) is 0.816. The standard InChI is InChI=1S/C17H21N3O5/c1-11(22-2)17-19-16(25-20-17)6-5-15(21)18-10-12-3-4-13-14(9-12)24-8-7-23-13/h3-4,9,11H,5-8,10H2,1-2H3,(H,18,21)/t11-/m0/s1. The summed E-state index contributed by atoms with van der Waals surface area (Å²) in [5.41, 5.74) is 0.951. The first-order chi connectivity index (χ1) is 12.2. The number of carbonyl (C=O) groups excluding carboxylic acids is 1. The van der Waals surface area contributed by atoms with E-state index in [0.717, 1.165) is 11.3 Å². The lowest BCUT2D eigenvalue weighted by molar-refractivity contribution is -0.121. The SMILES string of the molecule is CO[C@@H](C)c1noc(CCC(=O)NCc2ccc3c(c2)OCCO3)n1. The van der Waals surface area contributed by atoms with Gasteiger partial charge in [0.1, 0.15) is 19.3 Å². The van der Waals surface area contributed by atoms with Crippen LogP contribution in [0, 0.1) is 0 Å². The maximum Gasteiger partial charge on any atom is 0.227 e. The highest BCUT2D eigenvalue weighted by atomic mass is 16.6. The molecule has 0 bridgehead atoms. The Hall–Kier alpha value is -2.61. The lowest BCUT2D eigenvalue weighted by Gasteiger charge is -2.18. The Morgan fingerprint density at radius 3 is 2.92 bits per heavy atom. The molecule has 134 valence electrons. The fraction of sp³-hybridized carbons (Fsp3) is 0.471. The van der Waals surface area contributed by atoms with Crippen LogP contribution < -0.4 is 14.8 Å². The van der Waals surface area contributed by atoms with Crippen LogP contribution in [0.3, 0.4) is 0 Å². The molecule has 0 fully saturated rings. The van der Waals surface area contributed by atoms with Gasteiger partial charge in [-0.1, -0.05) is 11.2 Å². The third kappa shape index (κ3) is 4.48. The summed E-state index contributed by atoms with van der Waals surface area (Å²) in [5, 5.41) is 6.70. The van der Waals surface area contributed by atoms with Gasteiger partial charge in [-0.15, -0.1) is 0 Å². The highest BCUT2D eigenvalue weighted by Crippen LogP contribution is 2.30. The van der Waals surface area contributed by atoms with Crippen LogP contribution in [0.2, 0.25) is 0 Å². The highest BCUT2D eigenvalue weighted by Gasteiger charge is 2.14. The van der Waals surface area contributed by atoms with Crippen LogP contribution in [0.5, 0.6) is 11.5 Å². The third-order valence-electron chi connectivity index (χ3n) is 3.86. The molecular weight excluding hydrogens is 326 g/mol. The Kier molecular flexibility index (Phi) is 5.49. The fourth-order valence-corrected chi connectivity index (χ4v) is 2.35. The number of benzene rings is 1. The van der Waals surface area contributed by atoms with E-state index in [4.69, 9.17) is 18.7 Å². The minimum absolute atomic E-state index is 0.0885. The maximum absolute atomic E-state index is 12.0. The van der Waals surface area contributed by atoms with Crippen LogP contribution in [-0.4, -0.2) is 36.4 Å². The average molecular weight is 347 g/mol. The Morgan fingerprint density at radius 1 is 1.32 bits per heavy atom. The molecule has 0 unspecified atom stereocenters. The minimum Gasteiger partial charge on any atom is -0.486 e. The molecule has 1 aromatic heterocycles. The molecule has 1 amide bonds. The van der Waals surface area contributed by atoms with Crippen LogP contribution >= 0.6 is 0 Å². The number of carbonyl (C=O) groups is 1. The van der Waals surface area contributed by atoms with Crippen LogP contribution in [0.25, 0.3) is 0 Å². The molecule has 1 aliphatic heterocycles. The van der Waals surface area contributed by atoms with Gasteiger partial charge < -0.3 is 24.1 Å². The first-order valence-electron chi connectivity index (χ1n) is 8.16. The highest BCUT2D eigenvalue weighted by molar-refractivity contribution is 5.76. The van der Waals surface area contributed by atoms with Crippen LogP contribution in [0.15, 0.2) is 22.7 Å². The van der Waals surface area contributed by atoms with Crippen molar-refractivity contribution in [2.24, 2.45) is 0 Å². The summed E-state index contributed by atoms with van der Waals surface area (Å²) in [6, 6.07) is 5.64. The number of ether oxygens (including phenoxy) is 3. The van der Waals surface area contributed by atoms with Gasteiger partial charge in [-0.25, -0.2) is 0 Å². The van der Waals surface area contributed by atoms with Gasteiger partial charge in [-0.3, -0.25) is 4.79 Å². The van der Waals surface area contributed by atoms with Crippen LogP contribution in [-0.2, 0) is 22.5 Å². The topological polar surface area (TPSA) is 95.7 Å². The monoisotopic (exact) mass is 347 g/mol. The van der Waals surface area contributed by atoms with E-state index in [1.165, 1.54) is 0 Å². The maximum atomic E-state index is 12.0. The smallest absolute Gasteiger partial charge is 0.227 e. The molecule has 0 radical (unpaired) electrons. The second kappa shape index (κ2) is 7.98. The zero-order valence-corrected chi connectivity index (χ0v) is 14.3. The van der Waals surface area contributed by atoms with Crippen molar-refractivity contribution in [2.45, 2.75) is 32.4 Å². The lowest BCUT2D eigenvalue weighted by Crippen LogP contribution is -2.23. The van der Waals surface area contributed by atoms with Gasteiger partial charge in [0.15, 0.2) is 17.3 Å². The summed E-state index contributed by atoms with van der Waals surface area (Å²) in [6.07, 6.45) is 0.422. The molecule has 0 saturated carbocycles. The van der Waals surface area contributed by atoms with Crippen molar-refractivity contribution < 1.29 is 23.5 Å². The lowest BCUT2D eigenvalue weighted by atomic mass is 10.2. The summed E-state index contributed by atoms with van der Waals surface area (Å²) in [4.78, 5) is 16.2. The van der Waals surface area contributed by atoms with Gasteiger partial charge in [0.25, 0.3) is 0 Å². The molecule has 2 aromatic rings. The van der Waals surface area contributed by atoms with Crippen molar-refractivity contribution in [2.75, 3.05) is 20.3 Å². The molecular formula is C17H21N3O5. The molecule has 1 aromatic carbocycles. The van der Waals surface area contributed by atoms with E-state index in [1.807, 2.05) is 25.1 Å². The number of aromatic nitrogens is 2. The van der Waals surface area contributed by atoms with Gasteiger partial charge in [0.2, 0.25) is 11.8 Å². The number of hydrogen-bond donors (Lipinski definition) is 1. The number of aryl methyl sites for hydroxylation is 1. The molecule has 0 saturated heterocycles. The summed E-state index contributed by atoms with van der Waals surface area (Å²) in [5.74, 6) is 2.26. The Balaban J connectivity index is 1.46. The van der Waals surface area contributed by atoms with Gasteiger partial charge in [0.05, 0.1) is 0 Å². The largest absolute Gasteiger partial charge is 0.486 e. The molecule has 8 heteroatoms. The first-order valence-corrected chi connectivity index (χ1v) is 8.16. The molecule has 25 heavy (non-hydrogen) atoms. The molecule has 2 heterocycles. The van der Waals surface area contributed by atoms with E-state index in [0.29, 0.717) is 43.6 Å². The van der Waals surface area contributed by atoms with E-state index in [9.17, 15) is 4.79 Å². The van der Waals surface area contributed by atoms with Gasteiger partial charge in [0, 0.05) is 26.5 Å². The van der Waals surface area contributed by atoms with Crippen molar-refractivity contribution in [3.05, 3.63) is 35.5 Å².